The van der Waals surface area contributed by atoms with Gasteiger partial charge in [0.2, 0.25) is 0 Å². The number of carbonyl (C=O) groups is 1. The standard InChI is InChI=1S/C12H11ClN2O2/c13-7-1-2-9-10(12(16)17)6-8(3-4-14)15-11(9)5-7/h1-2,5-6H,3-4,14H2,(H,16,17). The van der Waals surface area contributed by atoms with Crippen molar-refractivity contribution in [1.82, 2.24) is 4.98 Å². The zero-order valence-corrected chi connectivity index (χ0v) is 9.74. The average Bonchev–Trinajstić information content (AvgIpc) is 2.27. The van der Waals surface area contributed by atoms with Gasteiger partial charge in [0.15, 0.2) is 0 Å². The number of fused-ring (bicyclic) bond motifs is 1. The van der Waals surface area contributed by atoms with Gasteiger partial charge >= 0.3 is 5.97 Å². The molecule has 88 valence electrons. The van der Waals surface area contributed by atoms with E-state index in [1.807, 2.05) is 0 Å². The lowest BCUT2D eigenvalue weighted by atomic mass is 10.1. The fourth-order valence-electron chi connectivity index (χ4n) is 1.71. The number of benzene rings is 1. The Hall–Kier alpha value is -1.65. The van der Waals surface area contributed by atoms with Gasteiger partial charge in [-0.05, 0) is 24.7 Å². The van der Waals surface area contributed by atoms with Gasteiger partial charge < -0.3 is 10.8 Å². The first-order valence-electron chi connectivity index (χ1n) is 5.14. The highest BCUT2D eigenvalue weighted by Gasteiger charge is 2.11. The molecular formula is C12H11ClN2O2. The van der Waals surface area contributed by atoms with Crippen LogP contribution < -0.4 is 5.73 Å². The molecule has 1 heterocycles. The maximum atomic E-state index is 11.2. The van der Waals surface area contributed by atoms with E-state index < -0.39 is 5.97 Å². The first-order valence-corrected chi connectivity index (χ1v) is 5.52. The molecule has 17 heavy (non-hydrogen) atoms. The molecule has 0 spiro atoms. The summed E-state index contributed by atoms with van der Waals surface area (Å²) < 4.78 is 0. The first kappa shape index (κ1) is 11.8. The van der Waals surface area contributed by atoms with Crippen molar-refractivity contribution in [2.24, 2.45) is 5.73 Å². The molecule has 5 heteroatoms. The SMILES string of the molecule is NCCc1cc(C(=O)O)c2ccc(Cl)cc2n1. The molecule has 1 aromatic heterocycles. The molecule has 0 radical (unpaired) electrons. The monoisotopic (exact) mass is 250 g/mol. The van der Waals surface area contributed by atoms with Gasteiger partial charge in [-0.3, -0.25) is 4.98 Å². The number of hydrogen-bond acceptors (Lipinski definition) is 3. The second kappa shape index (κ2) is 4.69. The fraction of sp³-hybridized carbons (Fsp3) is 0.167. The molecule has 0 aliphatic carbocycles. The number of rotatable bonds is 3. The summed E-state index contributed by atoms with van der Waals surface area (Å²) in [4.78, 5) is 15.5. The highest BCUT2D eigenvalue weighted by molar-refractivity contribution is 6.31. The summed E-state index contributed by atoms with van der Waals surface area (Å²) in [6.45, 7) is 0.429. The minimum atomic E-state index is -0.974. The van der Waals surface area contributed by atoms with Gasteiger partial charge in [0.25, 0.3) is 0 Å². The Morgan fingerprint density at radius 3 is 2.82 bits per heavy atom. The van der Waals surface area contributed by atoms with Crippen LogP contribution in [0, 0.1) is 0 Å². The number of nitrogens with zero attached hydrogens (tertiary/aromatic N) is 1. The Labute approximate surface area is 103 Å². The van der Waals surface area contributed by atoms with Gasteiger partial charge in [-0.15, -0.1) is 0 Å². The summed E-state index contributed by atoms with van der Waals surface area (Å²) in [6.07, 6.45) is 0.544. The van der Waals surface area contributed by atoms with Crippen molar-refractivity contribution in [2.45, 2.75) is 6.42 Å². The molecule has 0 atom stereocenters. The highest BCUT2D eigenvalue weighted by Crippen LogP contribution is 2.22. The lowest BCUT2D eigenvalue weighted by molar-refractivity contribution is 0.0699. The highest BCUT2D eigenvalue weighted by atomic mass is 35.5. The molecular weight excluding hydrogens is 240 g/mol. The van der Waals surface area contributed by atoms with Gasteiger partial charge in [-0.1, -0.05) is 17.7 Å². The summed E-state index contributed by atoms with van der Waals surface area (Å²) in [5, 5.41) is 10.3. The summed E-state index contributed by atoms with van der Waals surface area (Å²) in [5.41, 5.74) is 6.93. The van der Waals surface area contributed by atoms with E-state index >= 15 is 0 Å². The number of carboxylic acid groups (broad SMARTS) is 1. The quantitative estimate of drug-likeness (QED) is 0.875. The topological polar surface area (TPSA) is 76.2 Å². The van der Waals surface area contributed by atoms with Gasteiger partial charge in [0.05, 0.1) is 11.1 Å². The molecule has 3 N–H and O–H groups in total. The van der Waals surface area contributed by atoms with Crippen molar-refractivity contribution in [1.29, 1.82) is 0 Å². The summed E-state index contributed by atoms with van der Waals surface area (Å²) in [7, 11) is 0. The van der Waals surface area contributed by atoms with E-state index in [0.717, 1.165) is 0 Å². The summed E-state index contributed by atoms with van der Waals surface area (Å²) >= 11 is 5.87. The first-order chi connectivity index (χ1) is 8.11. The minimum Gasteiger partial charge on any atom is -0.478 e. The van der Waals surface area contributed by atoms with E-state index in [-0.39, 0.29) is 5.56 Å². The predicted octanol–water partition coefficient (Wildman–Crippen LogP) is 2.09. The van der Waals surface area contributed by atoms with Gasteiger partial charge in [0.1, 0.15) is 0 Å². The molecule has 0 aliphatic rings. The van der Waals surface area contributed by atoms with Crippen LogP contribution in [0.3, 0.4) is 0 Å². The number of aromatic nitrogens is 1. The summed E-state index contributed by atoms with van der Waals surface area (Å²) in [6, 6.07) is 6.54. The van der Waals surface area contributed by atoms with Gasteiger partial charge in [-0.25, -0.2) is 4.79 Å². The van der Waals surface area contributed by atoms with E-state index in [4.69, 9.17) is 22.4 Å². The van der Waals surface area contributed by atoms with Crippen LogP contribution in [0.4, 0.5) is 0 Å². The molecule has 0 fully saturated rings. The number of pyridine rings is 1. The third kappa shape index (κ3) is 2.38. The van der Waals surface area contributed by atoms with E-state index in [2.05, 4.69) is 4.98 Å². The molecule has 0 aliphatic heterocycles. The number of hydrogen-bond donors (Lipinski definition) is 2. The van der Waals surface area contributed by atoms with Crippen LogP contribution in [0.15, 0.2) is 24.3 Å². The van der Waals surface area contributed by atoms with Crippen LogP contribution in [0.2, 0.25) is 5.02 Å². The number of aromatic carboxylic acids is 1. The Bertz CT molecular complexity index is 584. The van der Waals surface area contributed by atoms with Crippen LogP contribution >= 0.6 is 11.6 Å². The van der Waals surface area contributed by atoms with E-state index in [9.17, 15) is 4.79 Å². The molecule has 4 nitrogen and oxygen atoms in total. The fourth-order valence-corrected chi connectivity index (χ4v) is 1.88. The Kier molecular flexibility index (Phi) is 3.26. The van der Waals surface area contributed by atoms with E-state index in [1.165, 1.54) is 0 Å². The van der Waals surface area contributed by atoms with Crippen molar-refractivity contribution in [3.05, 3.63) is 40.5 Å². The van der Waals surface area contributed by atoms with Crippen LogP contribution in [0.5, 0.6) is 0 Å². The zero-order valence-electron chi connectivity index (χ0n) is 8.98. The molecule has 0 saturated heterocycles. The van der Waals surface area contributed by atoms with Crippen LogP contribution in [0.1, 0.15) is 16.1 Å². The summed E-state index contributed by atoms with van der Waals surface area (Å²) in [5.74, 6) is -0.974. The number of carboxylic acids is 1. The molecule has 2 rings (SSSR count). The lowest BCUT2D eigenvalue weighted by Crippen LogP contribution is -2.07. The maximum absolute atomic E-state index is 11.2. The Morgan fingerprint density at radius 1 is 1.41 bits per heavy atom. The second-order valence-corrected chi connectivity index (χ2v) is 4.10. The van der Waals surface area contributed by atoms with E-state index in [0.29, 0.717) is 34.6 Å². The molecule has 0 unspecified atom stereocenters. The van der Waals surface area contributed by atoms with Gasteiger partial charge in [0, 0.05) is 22.5 Å². The lowest BCUT2D eigenvalue weighted by Gasteiger charge is -2.06. The van der Waals surface area contributed by atoms with Crippen molar-refractivity contribution >= 4 is 28.5 Å². The predicted molar refractivity (Wildman–Crippen MR) is 66.5 cm³/mol. The minimum absolute atomic E-state index is 0.232. The molecule has 2 aromatic rings. The largest absolute Gasteiger partial charge is 0.478 e. The maximum Gasteiger partial charge on any atom is 0.336 e. The van der Waals surface area contributed by atoms with E-state index in [1.54, 1.807) is 24.3 Å². The molecule has 0 amide bonds. The van der Waals surface area contributed by atoms with Gasteiger partial charge in [-0.2, -0.15) is 0 Å². The van der Waals surface area contributed by atoms with Crippen molar-refractivity contribution in [3.63, 3.8) is 0 Å². The normalized spacial score (nSPS) is 10.7. The van der Waals surface area contributed by atoms with Crippen molar-refractivity contribution in [3.8, 4) is 0 Å². The Balaban J connectivity index is 2.71. The Morgan fingerprint density at radius 2 is 2.18 bits per heavy atom. The number of nitrogens with two attached hydrogens (primary N) is 1. The van der Waals surface area contributed by atoms with Crippen LogP contribution in [0.25, 0.3) is 10.9 Å². The smallest absolute Gasteiger partial charge is 0.336 e. The third-order valence-corrected chi connectivity index (χ3v) is 2.69. The van der Waals surface area contributed by atoms with Crippen molar-refractivity contribution in [2.75, 3.05) is 6.54 Å². The third-order valence-electron chi connectivity index (χ3n) is 2.46. The molecule has 0 bridgehead atoms. The zero-order chi connectivity index (χ0) is 12.4. The average molecular weight is 251 g/mol. The van der Waals surface area contributed by atoms with Crippen LogP contribution in [-0.4, -0.2) is 22.6 Å². The van der Waals surface area contributed by atoms with Crippen LogP contribution in [-0.2, 0) is 6.42 Å². The molecule has 1 aromatic carbocycles. The second-order valence-electron chi connectivity index (χ2n) is 3.67. The molecule has 0 saturated carbocycles. The van der Waals surface area contributed by atoms with Crippen molar-refractivity contribution < 1.29 is 9.90 Å². The number of halogens is 1.